The third-order valence-corrected chi connectivity index (χ3v) is 4.77. The molecule has 0 unspecified atom stereocenters. The summed E-state index contributed by atoms with van der Waals surface area (Å²) in [6.07, 6.45) is 1.06. The highest BCUT2D eigenvalue weighted by Gasteiger charge is 2.36. The van der Waals surface area contributed by atoms with Crippen molar-refractivity contribution in [1.29, 1.82) is 0 Å². The Labute approximate surface area is 157 Å². The Morgan fingerprint density at radius 1 is 1.31 bits per heavy atom. The van der Waals surface area contributed by atoms with E-state index in [0.29, 0.717) is 23.0 Å². The molecule has 2 amide bonds. The lowest BCUT2D eigenvalue weighted by atomic mass is 10.1. The van der Waals surface area contributed by atoms with Gasteiger partial charge in [0, 0.05) is 23.7 Å². The van der Waals surface area contributed by atoms with Gasteiger partial charge in [-0.2, -0.15) is 0 Å². The van der Waals surface area contributed by atoms with Crippen LogP contribution in [0, 0.1) is 5.92 Å². The van der Waals surface area contributed by atoms with Gasteiger partial charge in [0.25, 0.3) is 0 Å². The summed E-state index contributed by atoms with van der Waals surface area (Å²) in [5.74, 6) is -0.140. The summed E-state index contributed by atoms with van der Waals surface area (Å²) in [4.78, 5) is 26.6. The van der Waals surface area contributed by atoms with Crippen LogP contribution in [0.25, 0.3) is 0 Å². The molecule has 5 nitrogen and oxygen atoms in total. The highest BCUT2D eigenvalue weighted by atomic mass is 35.5. The molecule has 0 aliphatic carbocycles. The first-order valence-corrected chi connectivity index (χ1v) is 8.93. The number of benzene rings is 2. The highest BCUT2D eigenvalue weighted by Crippen LogP contribution is 2.35. The van der Waals surface area contributed by atoms with Crippen molar-refractivity contribution in [2.45, 2.75) is 19.8 Å². The molecule has 1 N–H and O–H groups in total. The van der Waals surface area contributed by atoms with Crippen molar-refractivity contribution in [2.24, 2.45) is 5.92 Å². The van der Waals surface area contributed by atoms with Crippen molar-refractivity contribution in [3.8, 4) is 5.75 Å². The molecule has 1 fully saturated rings. The molecule has 1 atom stereocenters. The Morgan fingerprint density at radius 2 is 2.12 bits per heavy atom. The van der Waals surface area contributed by atoms with E-state index in [9.17, 15) is 9.59 Å². The van der Waals surface area contributed by atoms with E-state index in [1.54, 1.807) is 23.1 Å². The lowest BCUT2D eigenvalue weighted by Crippen LogP contribution is -2.28. The van der Waals surface area contributed by atoms with Crippen molar-refractivity contribution in [1.82, 2.24) is 0 Å². The first kappa shape index (κ1) is 18.3. The van der Waals surface area contributed by atoms with Crippen molar-refractivity contribution in [2.75, 3.05) is 23.9 Å². The second-order valence-electron chi connectivity index (χ2n) is 6.26. The van der Waals surface area contributed by atoms with Crippen LogP contribution in [-0.4, -0.2) is 25.5 Å². The van der Waals surface area contributed by atoms with Gasteiger partial charge in [-0.1, -0.05) is 30.7 Å². The van der Waals surface area contributed by atoms with Gasteiger partial charge in [-0.3, -0.25) is 9.59 Å². The fourth-order valence-corrected chi connectivity index (χ4v) is 3.27. The molecule has 1 saturated heterocycles. The summed E-state index contributed by atoms with van der Waals surface area (Å²) in [7, 11) is 1.54. The number of carbonyl (C=O) groups excluding carboxylic acids is 2. The molecular weight excluding hydrogens is 352 g/mol. The average molecular weight is 373 g/mol. The van der Waals surface area contributed by atoms with E-state index in [1.165, 1.54) is 7.11 Å². The molecule has 136 valence electrons. The van der Waals surface area contributed by atoms with E-state index >= 15 is 0 Å². The minimum absolute atomic E-state index is 0.118. The number of carbonyl (C=O) groups is 2. The Bertz CT molecular complexity index is 838. The van der Waals surface area contributed by atoms with Crippen LogP contribution in [0.1, 0.15) is 18.9 Å². The van der Waals surface area contributed by atoms with Gasteiger partial charge in [0.1, 0.15) is 5.75 Å². The number of nitrogens with zero attached hydrogens (tertiary/aromatic N) is 1. The lowest BCUT2D eigenvalue weighted by molar-refractivity contribution is -0.122. The van der Waals surface area contributed by atoms with Crippen LogP contribution in [0.5, 0.6) is 5.75 Å². The number of hydrogen-bond acceptors (Lipinski definition) is 3. The first-order chi connectivity index (χ1) is 12.5. The van der Waals surface area contributed by atoms with E-state index in [2.05, 4.69) is 12.2 Å². The van der Waals surface area contributed by atoms with Crippen molar-refractivity contribution in [3.05, 3.63) is 53.1 Å². The van der Waals surface area contributed by atoms with Crippen molar-refractivity contribution >= 4 is 34.8 Å². The molecule has 1 aliphatic heterocycles. The number of nitrogens with one attached hydrogen (secondary N) is 1. The molecule has 2 aromatic carbocycles. The fraction of sp³-hybridized carbons (Fsp3) is 0.300. The molecule has 2 aromatic rings. The molecule has 26 heavy (non-hydrogen) atoms. The largest absolute Gasteiger partial charge is 0.495 e. The number of hydrogen-bond donors (Lipinski definition) is 1. The quantitative estimate of drug-likeness (QED) is 0.865. The van der Waals surface area contributed by atoms with Gasteiger partial charge in [-0.15, -0.1) is 0 Å². The van der Waals surface area contributed by atoms with Crippen molar-refractivity contribution < 1.29 is 14.3 Å². The van der Waals surface area contributed by atoms with Crippen LogP contribution in [0.3, 0.4) is 0 Å². The molecule has 1 aliphatic rings. The topological polar surface area (TPSA) is 58.6 Å². The molecule has 6 heteroatoms. The first-order valence-electron chi connectivity index (χ1n) is 8.55. The summed E-state index contributed by atoms with van der Waals surface area (Å²) in [6.45, 7) is 2.36. The fourth-order valence-electron chi connectivity index (χ4n) is 3.10. The second kappa shape index (κ2) is 7.79. The zero-order valence-corrected chi connectivity index (χ0v) is 15.5. The number of halogens is 1. The Hall–Kier alpha value is -2.53. The number of amides is 2. The van der Waals surface area contributed by atoms with Gasteiger partial charge in [0.15, 0.2) is 0 Å². The summed E-state index contributed by atoms with van der Waals surface area (Å²) in [5.41, 5.74) is 2.49. The maximum atomic E-state index is 12.6. The zero-order chi connectivity index (χ0) is 18.7. The van der Waals surface area contributed by atoms with Crippen LogP contribution in [0.2, 0.25) is 5.02 Å². The van der Waals surface area contributed by atoms with E-state index in [1.807, 2.05) is 24.3 Å². The third kappa shape index (κ3) is 3.83. The zero-order valence-electron chi connectivity index (χ0n) is 14.8. The third-order valence-electron chi connectivity index (χ3n) is 4.53. The van der Waals surface area contributed by atoms with Crippen LogP contribution in [-0.2, 0) is 16.0 Å². The summed E-state index contributed by atoms with van der Waals surface area (Å²) in [6, 6.07) is 12.8. The molecular formula is C20H21ClN2O3. The normalized spacial score (nSPS) is 16.7. The van der Waals surface area contributed by atoms with E-state index in [4.69, 9.17) is 16.3 Å². The predicted octanol–water partition coefficient (Wildman–Crippen LogP) is 3.90. The summed E-state index contributed by atoms with van der Waals surface area (Å²) < 4.78 is 5.32. The molecule has 0 aromatic heterocycles. The average Bonchev–Trinajstić information content (AvgIpc) is 3.03. The highest BCUT2D eigenvalue weighted by molar-refractivity contribution is 6.31. The minimum Gasteiger partial charge on any atom is -0.495 e. The number of aryl methyl sites for hydroxylation is 1. The molecule has 0 saturated carbocycles. The van der Waals surface area contributed by atoms with E-state index in [0.717, 1.165) is 17.7 Å². The number of anilines is 2. The predicted molar refractivity (Wildman–Crippen MR) is 103 cm³/mol. The van der Waals surface area contributed by atoms with Crippen LogP contribution in [0.4, 0.5) is 11.4 Å². The number of rotatable bonds is 5. The molecule has 1 heterocycles. The standard InChI is InChI=1S/C20H21ClN2O3/c1-3-13-5-4-6-16(9-13)22-20(25)14-10-19(24)23(12-14)17-11-15(21)7-8-18(17)26-2/h4-9,11,14H,3,10,12H2,1-2H3,(H,22,25)/t14-/m0/s1. The van der Waals surface area contributed by atoms with Gasteiger partial charge in [-0.25, -0.2) is 0 Å². The molecule has 3 rings (SSSR count). The van der Waals surface area contributed by atoms with Crippen molar-refractivity contribution in [3.63, 3.8) is 0 Å². The van der Waals surface area contributed by atoms with Crippen LogP contribution in [0.15, 0.2) is 42.5 Å². The maximum absolute atomic E-state index is 12.6. The Kier molecular flexibility index (Phi) is 5.47. The Balaban J connectivity index is 1.75. The van der Waals surface area contributed by atoms with Crippen LogP contribution >= 0.6 is 11.6 Å². The van der Waals surface area contributed by atoms with Gasteiger partial charge in [0.05, 0.1) is 18.7 Å². The monoisotopic (exact) mass is 372 g/mol. The lowest BCUT2D eigenvalue weighted by Gasteiger charge is -2.20. The van der Waals surface area contributed by atoms with Gasteiger partial charge in [0.2, 0.25) is 11.8 Å². The van der Waals surface area contributed by atoms with E-state index < -0.39 is 5.92 Å². The van der Waals surface area contributed by atoms with Gasteiger partial charge < -0.3 is 15.0 Å². The smallest absolute Gasteiger partial charge is 0.229 e. The molecule has 0 bridgehead atoms. The SMILES string of the molecule is CCc1cccc(NC(=O)[C@H]2CC(=O)N(c3cc(Cl)ccc3OC)C2)c1. The summed E-state index contributed by atoms with van der Waals surface area (Å²) in [5, 5.41) is 3.43. The number of methoxy groups -OCH3 is 1. The van der Waals surface area contributed by atoms with Crippen LogP contribution < -0.4 is 15.0 Å². The summed E-state index contributed by atoms with van der Waals surface area (Å²) >= 11 is 6.06. The molecule has 0 radical (unpaired) electrons. The Morgan fingerprint density at radius 3 is 2.85 bits per heavy atom. The van der Waals surface area contributed by atoms with Gasteiger partial charge >= 0.3 is 0 Å². The minimum atomic E-state index is -0.420. The van der Waals surface area contributed by atoms with E-state index in [-0.39, 0.29) is 18.2 Å². The maximum Gasteiger partial charge on any atom is 0.229 e. The second-order valence-corrected chi connectivity index (χ2v) is 6.70. The molecule has 0 spiro atoms. The van der Waals surface area contributed by atoms with Gasteiger partial charge in [-0.05, 0) is 42.3 Å². The number of ether oxygens (including phenoxy) is 1.